The van der Waals surface area contributed by atoms with Gasteiger partial charge in [0, 0.05) is 32.4 Å². The number of carbonyl (C=O) groups excluding carboxylic acids is 1. The van der Waals surface area contributed by atoms with Crippen molar-refractivity contribution in [3.05, 3.63) is 18.1 Å². The molecule has 0 aromatic heterocycles. The molecular formula is C23H38NO3. The molecule has 153 valence electrons. The molecule has 0 amide bonds. The highest BCUT2D eigenvalue weighted by Gasteiger charge is 2.53. The third kappa shape index (κ3) is 4.42. The maximum atomic E-state index is 11.6. The molecule has 2 aliphatic carbocycles. The lowest BCUT2D eigenvalue weighted by Gasteiger charge is -2.53. The number of hydrogen-bond donors (Lipinski definition) is 1. The fraction of sp³-hybridized carbons (Fsp3) is 0.826. The van der Waals surface area contributed by atoms with Crippen LogP contribution in [0.25, 0.3) is 0 Å². The highest BCUT2D eigenvalue weighted by molar-refractivity contribution is 5.66. The summed E-state index contributed by atoms with van der Waals surface area (Å²) >= 11 is 0. The monoisotopic (exact) mass is 376 g/mol. The fourth-order valence-corrected chi connectivity index (χ4v) is 5.75. The highest BCUT2D eigenvalue weighted by atomic mass is 16.5. The lowest BCUT2D eigenvalue weighted by Crippen LogP contribution is -2.56. The molecule has 3 aliphatic rings. The van der Waals surface area contributed by atoms with Crippen molar-refractivity contribution in [1.29, 1.82) is 0 Å². The Balaban J connectivity index is 1.76. The normalized spacial score (nSPS) is 41.4. The van der Waals surface area contributed by atoms with Crippen LogP contribution in [0.5, 0.6) is 0 Å². The molecule has 27 heavy (non-hydrogen) atoms. The van der Waals surface area contributed by atoms with Crippen molar-refractivity contribution in [3.8, 4) is 0 Å². The van der Waals surface area contributed by atoms with Gasteiger partial charge in [-0.25, -0.2) is 0 Å². The van der Waals surface area contributed by atoms with Crippen LogP contribution in [0.15, 0.2) is 11.6 Å². The van der Waals surface area contributed by atoms with Crippen molar-refractivity contribution in [2.45, 2.75) is 72.0 Å². The van der Waals surface area contributed by atoms with Gasteiger partial charge in [0.2, 0.25) is 0 Å². The van der Waals surface area contributed by atoms with Gasteiger partial charge in [0.05, 0.1) is 5.60 Å². The van der Waals surface area contributed by atoms with E-state index in [2.05, 4.69) is 31.7 Å². The van der Waals surface area contributed by atoms with Gasteiger partial charge in [-0.15, -0.1) is 0 Å². The van der Waals surface area contributed by atoms with Crippen LogP contribution in [-0.4, -0.2) is 47.3 Å². The summed E-state index contributed by atoms with van der Waals surface area (Å²) in [6.07, 6.45) is 8.57. The quantitative estimate of drug-likeness (QED) is 0.598. The van der Waals surface area contributed by atoms with E-state index in [1.165, 1.54) is 32.9 Å². The van der Waals surface area contributed by atoms with Crippen LogP contribution < -0.4 is 0 Å². The molecule has 4 heteroatoms. The van der Waals surface area contributed by atoms with Gasteiger partial charge in [-0.2, -0.15) is 0 Å². The van der Waals surface area contributed by atoms with E-state index in [1.807, 2.05) is 13.3 Å². The average molecular weight is 377 g/mol. The molecule has 1 N–H and O–H groups in total. The molecule has 1 heterocycles. The van der Waals surface area contributed by atoms with Crippen LogP contribution in [0.4, 0.5) is 0 Å². The third-order valence-corrected chi connectivity index (χ3v) is 7.34. The van der Waals surface area contributed by atoms with E-state index in [9.17, 15) is 9.90 Å². The summed E-state index contributed by atoms with van der Waals surface area (Å²) in [6.45, 7) is 13.9. The summed E-state index contributed by atoms with van der Waals surface area (Å²) < 4.78 is 5.46. The minimum Gasteiger partial charge on any atom is -0.458 e. The minimum absolute atomic E-state index is 0.116. The molecule has 0 aromatic carbocycles. The molecule has 2 fully saturated rings. The first kappa shape index (κ1) is 20.9. The number of likely N-dealkylation sites (tertiary alicyclic amines) is 1. The Kier molecular flexibility index (Phi) is 6.37. The maximum Gasteiger partial charge on any atom is 0.303 e. The van der Waals surface area contributed by atoms with Crippen molar-refractivity contribution in [3.63, 3.8) is 0 Å². The number of nitrogens with zero attached hydrogens (tertiary/aromatic N) is 1. The van der Waals surface area contributed by atoms with Crippen LogP contribution in [0.2, 0.25) is 0 Å². The SMILES string of the molecule is CC(=O)O[C@@H]1[CH][C@@]2(O)[C@H](C)CC[C@@H](C(C)CN3CCCC(C)C3)[C@H]2C=C1C. The first-order valence-electron chi connectivity index (χ1n) is 10.9. The number of fused-ring (bicyclic) bond motifs is 1. The van der Waals surface area contributed by atoms with Crippen molar-refractivity contribution >= 4 is 5.97 Å². The van der Waals surface area contributed by atoms with E-state index in [4.69, 9.17) is 4.74 Å². The zero-order chi connectivity index (χ0) is 19.8. The van der Waals surface area contributed by atoms with Crippen LogP contribution >= 0.6 is 0 Å². The standard InChI is InChI=1S/C23H38NO3/c1-15-7-6-10-24(13-15)14-17(3)20-9-8-18(4)23(26)12-22(27-19(5)25)16(2)11-21(20)23/h11-12,15,17-18,20-22,26H,6-10,13-14H2,1-5H3/t15?,17?,18-,20+,21-,22-,23-/m1/s1. The average Bonchev–Trinajstić information content (AvgIpc) is 2.57. The molecule has 1 aliphatic heterocycles. The number of esters is 1. The molecule has 3 rings (SSSR count). The summed E-state index contributed by atoms with van der Waals surface area (Å²) in [5.41, 5.74) is 0.171. The lowest BCUT2D eigenvalue weighted by molar-refractivity contribution is -0.148. The minimum atomic E-state index is -0.883. The molecular weight excluding hydrogens is 338 g/mol. The molecule has 4 nitrogen and oxygen atoms in total. The van der Waals surface area contributed by atoms with E-state index in [0.29, 0.717) is 11.8 Å². The number of ether oxygens (including phenoxy) is 1. The largest absolute Gasteiger partial charge is 0.458 e. The topological polar surface area (TPSA) is 49.8 Å². The molecule has 0 spiro atoms. The van der Waals surface area contributed by atoms with Crippen LogP contribution in [-0.2, 0) is 9.53 Å². The Morgan fingerprint density at radius 2 is 2.11 bits per heavy atom. The number of rotatable bonds is 4. The predicted octanol–water partition coefficient (Wildman–Crippen LogP) is 3.84. The summed E-state index contributed by atoms with van der Waals surface area (Å²) in [5.74, 6) is 1.81. The zero-order valence-electron chi connectivity index (χ0n) is 17.8. The molecule has 1 saturated carbocycles. The van der Waals surface area contributed by atoms with Crippen molar-refractivity contribution in [1.82, 2.24) is 4.90 Å². The number of hydrogen-bond acceptors (Lipinski definition) is 4. The molecule has 1 radical (unpaired) electrons. The van der Waals surface area contributed by atoms with Gasteiger partial charge in [0.15, 0.2) is 0 Å². The van der Waals surface area contributed by atoms with Crippen molar-refractivity contribution < 1.29 is 14.6 Å². The van der Waals surface area contributed by atoms with E-state index in [0.717, 1.165) is 30.9 Å². The number of piperidine rings is 1. The van der Waals surface area contributed by atoms with E-state index in [-0.39, 0.29) is 17.8 Å². The Hall–Kier alpha value is -0.870. The van der Waals surface area contributed by atoms with E-state index >= 15 is 0 Å². The summed E-state index contributed by atoms with van der Waals surface area (Å²) in [7, 11) is 0. The second kappa shape index (κ2) is 8.24. The Morgan fingerprint density at radius 1 is 1.37 bits per heavy atom. The molecule has 0 aromatic rings. The van der Waals surface area contributed by atoms with Gasteiger partial charge in [-0.05, 0) is 68.4 Å². The van der Waals surface area contributed by atoms with Crippen LogP contribution in [0.1, 0.15) is 60.3 Å². The second-order valence-electron chi connectivity index (χ2n) is 9.65. The van der Waals surface area contributed by atoms with Gasteiger partial charge < -0.3 is 14.7 Å². The summed E-state index contributed by atoms with van der Waals surface area (Å²) in [4.78, 5) is 14.1. The first-order chi connectivity index (χ1) is 12.7. The lowest BCUT2D eigenvalue weighted by atomic mass is 9.57. The smallest absolute Gasteiger partial charge is 0.303 e. The molecule has 2 unspecified atom stereocenters. The highest BCUT2D eigenvalue weighted by Crippen LogP contribution is 2.50. The van der Waals surface area contributed by atoms with Gasteiger partial charge in [-0.1, -0.05) is 26.8 Å². The van der Waals surface area contributed by atoms with Gasteiger partial charge in [0.25, 0.3) is 0 Å². The van der Waals surface area contributed by atoms with Crippen molar-refractivity contribution in [2.75, 3.05) is 19.6 Å². The van der Waals surface area contributed by atoms with Crippen molar-refractivity contribution in [2.24, 2.45) is 29.6 Å². The second-order valence-corrected chi connectivity index (χ2v) is 9.65. The summed E-state index contributed by atoms with van der Waals surface area (Å²) in [6, 6.07) is 0. The molecule has 0 bridgehead atoms. The van der Waals surface area contributed by atoms with E-state index < -0.39 is 11.7 Å². The third-order valence-electron chi connectivity index (χ3n) is 7.34. The number of aliphatic hydroxyl groups is 1. The molecule has 7 atom stereocenters. The first-order valence-corrected chi connectivity index (χ1v) is 10.9. The van der Waals surface area contributed by atoms with Crippen LogP contribution in [0.3, 0.4) is 0 Å². The van der Waals surface area contributed by atoms with Gasteiger partial charge in [-0.3, -0.25) is 4.79 Å². The Morgan fingerprint density at radius 3 is 2.78 bits per heavy atom. The Bertz CT molecular complexity index is 574. The summed E-state index contributed by atoms with van der Waals surface area (Å²) in [5, 5.41) is 11.6. The zero-order valence-corrected chi connectivity index (χ0v) is 17.8. The number of carbonyl (C=O) groups is 1. The predicted molar refractivity (Wildman–Crippen MR) is 108 cm³/mol. The fourth-order valence-electron chi connectivity index (χ4n) is 5.75. The van der Waals surface area contributed by atoms with Crippen LogP contribution in [0, 0.1) is 36.0 Å². The molecule has 1 saturated heterocycles. The Labute approximate surface area is 165 Å². The maximum absolute atomic E-state index is 11.6. The van der Waals surface area contributed by atoms with E-state index in [1.54, 1.807) is 0 Å². The van der Waals surface area contributed by atoms with Gasteiger partial charge >= 0.3 is 5.97 Å². The van der Waals surface area contributed by atoms with Gasteiger partial charge in [0.1, 0.15) is 6.10 Å².